The molecule has 0 N–H and O–H groups in total. The molecule has 206 valence electrons. The van der Waals surface area contributed by atoms with Crippen molar-refractivity contribution >= 4 is 29.2 Å². The van der Waals surface area contributed by atoms with E-state index >= 15 is 4.39 Å². The van der Waals surface area contributed by atoms with Gasteiger partial charge in [-0.25, -0.2) is 4.39 Å². The van der Waals surface area contributed by atoms with Crippen molar-refractivity contribution in [2.24, 2.45) is 4.99 Å². The Kier molecular flexibility index (Phi) is 10.7. The maximum Gasteiger partial charge on any atom is 0.147 e. The van der Waals surface area contributed by atoms with E-state index in [1.54, 1.807) is 12.1 Å². The van der Waals surface area contributed by atoms with E-state index in [0.717, 1.165) is 65.0 Å². The highest BCUT2D eigenvalue weighted by molar-refractivity contribution is 5.98. The van der Waals surface area contributed by atoms with Crippen LogP contribution < -0.4 is 9.80 Å². The number of hydrogen-bond donors (Lipinski definition) is 0. The average Bonchev–Trinajstić information content (AvgIpc) is 3.64. The van der Waals surface area contributed by atoms with Crippen LogP contribution in [-0.2, 0) is 0 Å². The number of hydrogen-bond acceptors (Lipinski definition) is 3. The highest BCUT2D eigenvalue weighted by Gasteiger charge is 2.30. The van der Waals surface area contributed by atoms with Crippen molar-refractivity contribution in [3.05, 3.63) is 108 Å². The van der Waals surface area contributed by atoms with Crippen molar-refractivity contribution in [2.75, 3.05) is 29.4 Å². The number of benzene rings is 2. The molecule has 2 aromatic rings. The summed E-state index contributed by atoms with van der Waals surface area (Å²) >= 11 is 0. The summed E-state index contributed by atoms with van der Waals surface area (Å²) in [5.74, 6) is -0.217. The molecule has 0 aliphatic carbocycles. The molecule has 1 atom stereocenters. The smallest absolute Gasteiger partial charge is 0.147 e. The van der Waals surface area contributed by atoms with E-state index in [1.165, 1.54) is 12.0 Å². The molecule has 0 spiro atoms. The molecule has 39 heavy (non-hydrogen) atoms. The first-order valence-corrected chi connectivity index (χ1v) is 14.3. The van der Waals surface area contributed by atoms with Crippen LogP contribution >= 0.6 is 0 Å². The lowest BCUT2D eigenvalue weighted by molar-refractivity contribution is 0.622. The molecule has 1 fully saturated rings. The standard InChI is InChI=1S/C30H30FN3.C3H8.C2H6/c1-5-24-29-25(16-27(31)30(24)33-13-9-10-14-33)21(4)26(20(2)3)19-34(29)18-22-15-28(32-17-22)23-11-7-6-8-12-23;1-3-2;1-2/h5-8,11-12,15-17,19,28H,1-2,4,9-10,13-14,18H2,3H3;3H2,1-2H3;1-2H3. The van der Waals surface area contributed by atoms with Gasteiger partial charge in [0.25, 0.3) is 0 Å². The van der Waals surface area contributed by atoms with Gasteiger partial charge in [0.05, 0.1) is 17.4 Å². The Hall–Kier alpha value is -3.66. The lowest BCUT2D eigenvalue weighted by Crippen LogP contribution is -2.28. The van der Waals surface area contributed by atoms with Gasteiger partial charge in [0.15, 0.2) is 0 Å². The predicted molar refractivity (Wildman–Crippen MR) is 170 cm³/mol. The van der Waals surface area contributed by atoms with Gasteiger partial charge in [-0.15, -0.1) is 0 Å². The van der Waals surface area contributed by atoms with E-state index in [1.807, 2.05) is 45.2 Å². The zero-order valence-electron chi connectivity index (χ0n) is 24.4. The van der Waals surface area contributed by atoms with E-state index in [0.29, 0.717) is 12.2 Å². The number of anilines is 2. The molecule has 3 aliphatic rings. The fraction of sp³-hybridized carbons (Fsp3) is 0.343. The Balaban J connectivity index is 0.000000787. The third-order valence-electron chi connectivity index (χ3n) is 6.84. The van der Waals surface area contributed by atoms with E-state index in [4.69, 9.17) is 4.99 Å². The number of halogens is 1. The van der Waals surface area contributed by atoms with Crippen molar-refractivity contribution in [2.45, 2.75) is 59.9 Å². The van der Waals surface area contributed by atoms with Crippen molar-refractivity contribution in [3.63, 3.8) is 0 Å². The largest absolute Gasteiger partial charge is 0.369 e. The van der Waals surface area contributed by atoms with Gasteiger partial charge in [0.2, 0.25) is 0 Å². The van der Waals surface area contributed by atoms with Gasteiger partial charge in [-0.2, -0.15) is 0 Å². The fourth-order valence-electron chi connectivity index (χ4n) is 5.17. The van der Waals surface area contributed by atoms with Gasteiger partial charge in [-0.1, -0.05) is 90.3 Å². The van der Waals surface area contributed by atoms with Crippen LogP contribution in [0.4, 0.5) is 15.8 Å². The first kappa shape index (κ1) is 29.9. The number of aliphatic imine (C=N–C) groups is 1. The van der Waals surface area contributed by atoms with E-state index in [9.17, 15) is 0 Å². The van der Waals surface area contributed by atoms with Crippen molar-refractivity contribution < 1.29 is 4.39 Å². The highest BCUT2D eigenvalue weighted by Crippen LogP contribution is 2.46. The Morgan fingerprint density at radius 2 is 1.74 bits per heavy atom. The molecule has 2 aromatic carbocycles. The number of fused-ring (bicyclic) bond motifs is 1. The summed E-state index contributed by atoms with van der Waals surface area (Å²) in [6.45, 7) is 25.1. The van der Waals surface area contributed by atoms with Crippen LogP contribution in [0.5, 0.6) is 0 Å². The molecule has 3 aliphatic heterocycles. The third-order valence-corrected chi connectivity index (χ3v) is 6.84. The van der Waals surface area contributed by atoms with Crippen LogP contribution in [0.15, 0.2) is 90.1 Å². The molecular weight excluding hydrogens is 481 g/mol. The van der Waals surface area contributed by atoms with E-state index in [2.05, 4.69) is 67.8 Å². The second kappa shape index (κ2) is 13.9. The summed E-state index contributed by atoms with van der Waals surface area (Å²) in [7, 11) is 0. The highest BCUT2D eigenvalue weighted by atomic mass is 19.1. The first-order chi connectivity index (χ1) is 18.9. The molecule has 3 nitrogen and oxygen atoms in total. The van der Waals surface area contributed by atoms with Crippen LogP contribution in [-0.4, -0.2) is 25.8 Å². The van der Waals surface area contributed by atoms with Crippen molar-refractivity contribution in [1.82, 2.24) is 0 Å². The fourth-order valence-corrected chi connectivity index (χ4v) is 5.17. The minimum Gasteiger partial charge on any atom is -0.369 e. The van der Waals surface area contributed by atoms with Gasteiger partial charge in [0, 0.05) is 48.7 Å². The summed E-state index contributed by atoms with van der Waals surface area (Å²) in [6, 6.07) is 12.0. The number of nitrogens with zero attached hydrogens (tertiary/aromatic N) is 3. The molecule has 0 saturated carbocycles. The molecule has 5 rings (SSSR count). The van der Waals surface area contributed by atoms with Crippen LogP contribution in [0.25, 0.3) is 11.6 Å². The topological polar surface area (TPSA) is 18.8 Å². The number of rotatable bonds is 6. The quantitative estimate of drug-likeness (QED) is 0.374. The van der Waals surface area contributed by atoms with Gasteiger partial charge in [-0.3, -0.25) is 4.99 Å². The lowest BCUT2D eigenvalue weighted by atomic mass is 9.88. The molecular formula is C35H44FN3. The maximum atomic E-state index is 15.5. The lowest BCUT2D eigenvalue weighted by Gasteiger charge is -2.35. The summed E-state index contributed by atoms with van der Waals surface area (Å²) < 4.78 is 15.5. The Morgan fingerprint density at radius 1 is 1.10 bits per heavy atom. The third kappa shape index (κ3) is 6.50. The molecule has 0 bridgehead atoms. The van der Waals surface area contributed by atoms with Crippen molar-refractivity contribution in [3.8, 4) is 0 Å². The van der Waals surface area contributed by atoms with Crippen LogP contribution in [0.1, 0.15) is 76.6 Å². The minimum atomic E-state index is -0.217. The maximum absolute atomic E-state index is 15.5. The molecule has 0 aromatic heterocycles. The molecule has 4 heteroatoms. The van der Waals surface area contributed by atoms with Gasteiger partial charge >= 0.3 is 0 Å². The normalized spacial score (nSPS) is 17.4. The zero-order valence-corrected chi connectivity index (χ0v) is 24.4. The van der Waals surface area contributed by atoms with Crippen LogP contribution in [0.3, 0.4) is 0 Å². The molecule has 1 saturated heterocycles. The molecule has 0 amide bonds. The molecule has 0 radical (unpaired) electrons. The summed E-state index contributed by atoms with van der Waals surface area (Å²) in [4.78, 5) is 9.06. The SMILES string of the molecule is C=Cc1c2c(cc(F)c1N1CCCC1)C(=C)C(C(=C)C)=CN2CC1=CC(c2ccccc2)N=C1.CC.CCC. The number of allylic oxidation sites excluding steroid dienone is 3. The second-order valence-corrected chi connectivity index (χ2v) is 9.93. The molecule has 1 unspecified atom stereocenters. The van der Waals surface area contributed by atoms with Crippen LogP contribution in [0.2, 0.25) is 0 Å². The van der Waals surface area contributed by atoms with Crippen molar-refractivity contribution in [1.29, 1.82) is 0 Å². The first-order valence-electron chi connectivity index (χ1n) is 14.3. The predicted octanol–water partition coefficient (Wildman–Crippen LogP) is 9.56. The van der Waals surface area contributed by atoms with Gasteiger partial charge < -0.3 is 9.80 Å². The van der Waals surface area contributed by atoms with Gasteiger partial charge in [0.1, 0.15) is 5.82 Å². The zero-order chi connectivity index (χ0) is 28.5. The second-order valence-electron chi connectivity index (χ2n) is 9.93. The monoisotopic (exact) mass is 525 g/mol. The summed E-state index contributed by atoms with van der Waals surface area (Å²) in [6.07, 6.45) is 11.4. The average molecular weight is 526 g/mol. The Labute approximate surface area is 235 Å². The minimum absolute atomic E-state index is 0.0206. The summed E-state index contributed by atoms with van der Waals surface area (Å²) in [5.41, 5.74) is 8.14. The van der Waals surface area contributed by atoms with E-state index in [-0.39, 0.29) is 11.9 Å². The molecule has 3 heterocycles. The Morgan fingerprint density at radius 3 is 2.33 bits per heavy atom. The van der Waals surface area contributed by atoms with Crippen LogP contribution in [0, 0.1) is 5.82 Å². The summed E-state index contributed by atoms with van der Waals surface area (Å²) in [5, 5.41) is 0. The van der Waals surface area contributed by atoms with Gasteiger partial charge in [-0.05, 0) is 54.2 Å². The Bertz CT molecular complexity index is 1280. The van der Waals surface area contributed by atoms with E-state index < -0.39 is 0 Å².